The standard InChI is InChI=1S/C14H16F3N3/c1-3-20-12(8-13(19-20)14(15,16)17)9-18-11-6-4-5-10(2)7-11/h4-8,18H,3,9H2,1-2H3. The SMILES string of the molecule is CCn1nc(C(F)(F)F)cc1CNc1cccc(C)c1. The third kappa shape index (κ3) is 3.31. The molecule has 0 unspecified atom stereocenters. The van der Waals surface area contributed by atoms with Gasteiger partial charge < -0.3 is 5.32 Å². The number of rotatable bonds is 4. The maximum Gasteiger partial charge on any atom is 0.435 e. The summed E-state index contributed by atoms with van der Waals surface area (Å²) in [6.07, 6.45) is -4.40. The topological polar surface area (TPSA) is 29.9 Å². The lowest BCUT2D eigenvalue weighted by Gasteiger charge is -2.08. The van der Waals surface area contributed by atoms with E-state index in [-0.39, 0.29) is 0 Å². The molecular weight excluding hydrogens is 267 g/mol. The molecule has 0 saturated heterocycles. The van der Waals surface area contributed by atoms with Gasteiger partial charge in [-0.1, -0.05) is 12.1 Å². The van der Waals surface area contributed by atoms with Gasteiger partial charge in [0.05, 0.1) is 12.2 Å². The zero-order valence-electron chi connectivity index (χ0n) is 11.3. The Kier molecular flexibility index (Phi) is 4.01. The van der Waals surface area contributed by atoms with Crippen LogP contribution >= 0.6 is 0 Å². The molecule has 108 valence electrons. The van der Waals surface area contributed by atoms with Crippen LogP contribution in [0.2, 0.25) is 0 Å². The Morgan fingerprint density at radius 3 is 2.60 bits per heavy atom. The number of nitrogens with one attached hydrogen (secondary N) is 1. The fraction of sp³-hybridized carbons (Fsp3) is 0.357. The van der Waals surface area contributed by atoms with Crippen molar-refractivity contribution in [3.8, 4) is 0 Å². The maximum absolute atomic E-state index is 12.6. The molecule has 0 aliphatic carbocycles. The molecule has 1 heterocycles. The molecule has 1 aromatic carbocycles. The van der Waals surface area contributed by atoms with Crippen LogP contribution in [-0.2, 0) is 19.3 Å². The minimum atomic E-state index is -4.40. The molecule has 1 N–H and O–H groups in total. The molecule has 0 saturated carbocycles. The van der Waals surface area contributed by atoms with Crippen LogP contribution in [0.1, 0.15) is 23.9 Å². The van der Waals surface area contributed by atoms with Crippen LogP contribution in [0.3, 0.4) is 0 Å². The van der Waals surface area contributed by atoms with E-state index in [1.165, 1.54) is 4.68 Å². The van der Waals surface area contributed by atoms with Gasteiger partial charge in [-0.3, -0.25) is 4.68 Å². The van der Waals surface area contributed by atoms with Crippen molar-refractivity contribution in [2.24, 2.45) is 0 Å². The number of aromatic nitrogens is 2. The van der Waals surface area contributed by atoms with Crippen molar-refractivity contribution in [3.05, 3.63) is 47.3 Å². The number of hydrogen-bond donors (Lipinski definition) is 1. The minimum absolute atomic E-state index is 0.306. The van der Waals surface area contributed by atoms with E-state index in [4.69, 9.17) is 0 Å². The first kappa shape index (κ1) is 14.4. The van der Waals surface area contributed by atoms with E-state index in [9.17, 15) is 13.2 Å². The highest BCUT2D eigenvalue weighted by Gasteiger charge is 2.34. The van der Waals surface area contributed by atoms with Gasteiger partial charge in [0, 0.05) is 12.2 Å². The first-order chi connectivity index (χ1) is 9.40. The highest BCUT2D eigenvalue weighted by molar-refractivity contribution is 5.45. The maximum atomic E-state index is 12.6. The second kappa shape index (κ2) is 5.56. The Labute approximate surface area is 115 Å². The Hall–Kier alpha value is -1.98. The minimum Gasteiger partial charge on any atom is -0.379 e. The molecule has 2 rings (SSSR count). The van der Waals surface area contributed by atoms with Crippen LogP contribution in [0.5, 0.6) is 0 Å². The highest BCUT2D eigenvalue weighted by atomic mass is 19.4. The first-order valence-corrected chi connectivity index (χ1v) is 6.34. The van der Waals surface area contributed by atoms with Gasteiger partial charge in [0.2, 0.25) is 0 Å². The molecule has 0 bridgehead atoms. The van der Waals surface area contributed by atoms with Crippen molar-refractivity contribution in [1.82, 2.24) is 9.78 Å². The van der Waals surface area contributed by atoms with E-state index >= 15 is 0 Å². The van der Waals surface area contributed by atoms with Gasteiger partial charge in [0.1, 0.15) is 0 Å². The summed E-state index contributed by atoms with van der Waals surface area (Å²) in [6.45, 7) is 4.44. The highest BCUT2D eigenvalue weighted by Crippen LogP contribution is 2.28. The van der Waals surface area contributed by atoms with E-state index in [1.54, 1.807) is 6.92 Å². The van der Waals surface area contributed by atoms with Gasteiger partial charge in [-0.2, -0.15) is 18.3 Å². The number of alkyl halides is 3. The molecule has 3 nitrogen and oxygen atoms in total. The van der Waals surface area contributed by atoms with Crippen molar-refractivity contribution in [3.63, 3.8) is 0 Å². The van der Waals surface area contributed by atoms with Crippen molar-refractivity contribution < 1.29 is 13.2 Å². The summed E-state index contributed by atoms with van der Waals surface area (Å²) in [5.74, 6) is 0. The summed E-state index contributed by atoms with van der Waals surface area (Å²) in [5.41, 5.74) is 1.64. The Balaban J connectivity index is 2.15. The van der Waals surface area contributed by atoms with E-state index in [0.29, 0.717) is 18.8 Å². The van der Waals surface area contributed by atoms with Gasteiger partial charge in [-0.25, -0.2) is 0 Å². The third-order valence-electron chi connectivity index (χ3n) is 2.94. The van der Waals surface area contributed by atoms with E-state index in [1.807, 2.05) is 31.2 Å². The van der Waals surface area contributed by atoms with Crippen LogP contribution in [0.15, 0.2) is 30.3 Å². The van der Waals surface area contributed by atoms with E-state index in [2.05, 4.69) is 10.4 Å². The summed E-state index contributed by atoms with van der Waals surface area (Å²) >= 11 is 0. The average Bonchev–Trinajstić information content (AvgIpc) is 2.79. The number of benzene rings is 1. The summed E-state index contributed by atoms with van der Waals surface area (Å²) in [6, 6.07) is 8.77. The van der Waals surface area contributed by atoms with Crippen LogP contribution in [0.4, 0.5) is 18.9 Å². The molecule has 0 spiro atoms. The van der Waals surface area contributed by atoms with Gasteiger partial charge >= 0.3 is 6.18 Å². The molecule has 0 atom stereocenters. The normalized spacial score (nSPS) is 11.7. The second-order valence-electron chi connectivity index (χ2n) is 4.56. The average molecular weight is 283 g/mol. The molecule has 0 aliphatic rings. The Morgan fingerprint density at radius 1 is 1.25 bits per heavy atom. The third-order valence-corrected chi connectivity index (χ3v) is 2.94. The van der Waals surface area contributed by atoms with Gasteiger partial charge in [-0.05, 0) is 37.6 Å². The summed E-state index contributed by atoms with van der Waals surface area (Å²) < 4.78 is 39.3. The molecule has 6 heteroatoms. The monoisotopic (exact) mass is 283 g/mol. The Morgan fingerprint density at radius 2 is 2.00 bits per heavy atom. The van der Waals surface area contributed by atoms with E-state index < -0.39 is 11.9 Å². The Bertz CT molecular complexity index is 588. The van der Waals surface area contributed by atoms with Gasteiger partial charge in [0.15, 0.2) is 5.69 Å². The van der Waals surface area contributed by atoms with E-state index in [0.717, 1.165) is 17.3 Å². The molecule has 0 radical (unpaired) electrons. The van der Waals surface area contributed by atoms with Crippen molar-refractivity contribution in [1.29, 1.82) is 0 Å². The lowest BCUT2D eigenvalue weighted by molar-refractivity contribution is -0.141. The predicted molar refractivity (Wildman–Crippen MR) is 71.4 cm³/mol. The quantitative estimate of drug-likeness (QED) is 0.923. The molecule has 0 amide bonds. The van der Waals surface area contributed by atoms with Crippen molar-refractivity contribution in [2.45, 2.75) is 33.1 Å². The lowest BCUT2D eigenvalue weighted by atomic mass is 10.2. The molecule has 1 aromatic heterocycles. The number of nitrogens with zero attached hydrogens (tertiary/aromatic N) is 2. The number of halogens is 3. The largest absolute Gasteiger partial charge is 0.435 e. The predicted octanol–water partition coefficient (Wildman–Crippen LogP) is 3.84. The molecule has 0 fully saturated rings. The van der Waals surface area contributed by atoms with Crippen LogP contribution in [-0.4, -0.2) is 9.78 Å². The summed E-state index contributed by atoms with van der Waals surface area (Å²) in [5, 5.41) is 6.69. The number of aryl methyl sites for hydroxylation is 2. The molecule has 2 aromatic rings. The number of hydrogen-bond acceptors (Lipinski definition) is 2. The summed E-state index contributed by atoms with van der Waals surface area (Å²) in [7, 11) is 0. The molecule has 20 heavy (non-hydrogen) atoms. The lowest BCUT2D eigenvalue weighted by Crippen LogP contribution is -2.09. The van der Waals surface area contributed by atoms with Crippen LogP contribution in [0.25, 0.3) is 0 Å². The van der Waals surface area contributed by atoms with Crippen LogP contribution < -0.4 is 5.32 Å². The summed E-state index contributed by atoms with van der Waals surface area (Å²) in [4.78, 5) is 0. The second-order valence-corrected chi connectivity index (χ2v) is 4.56. The van der Waals surface area contributed by atoms with Crippen LogP contribution in [0, 0.1) is 6.92 Å². The van der Waals surface area contributed by atoms with Crippen molar-refractivity contribution in [2.75, 3.05) is 5.32 Å². The smallest absolute Gasteiger partial charge is 0.379 e. The number of anilines is 1. The van der Waals surface area contributed by atoms with Gasteiger partial charge in [-0.15, -0.1) is 0 Å². The first-order valence-electron chi connectivity index (χ1n) is 6.34. The fourth-order valence-corrected chi connectivity index (χ4v) is 1.96. The molecular formula is C14H16F3N3. The fourth-order valence-electron chi connectivity index (χ4n) is 1.96. The molecule has 0 aliphatic heterocycles. The zero-order chi connectivity index (χ0) is 14.8. The van der Waals surface area contributed by atoms with Gasteiger partial charge in [0.25, 0.3) is 0 Å². The zero-order valence-corrected chi connectivity index (χ0v) is 11.3. The van der Waals surface area contributed by atoms with Crippen molar-refractivity contribution >= 4 is 5.69 Å².